The topological polar surface area (TPSA) is 43.1 Å². The summed E-state index contributed by atoms with van der Waals surface area (Å²) in [5, 5.41) is 0.252. The predicted molar refractivity (Wildman–Crippen MR) is 73.4 cm³/mol. The Labute approximate surface area is 117 Å². The van der Waals surface area contributed by atoms with Gasteiger partial charge in [-0.15, -0.1) is 0 Å². The molecular weight excluding hydrogens is 321 g/mol. The number of benzene rings is 2. The van der Waals surface area contributed by atoms with Gasteiger partial charge >= 0.3 is 0 Å². The molecule has 92 valence electrons. The predicted octanol–water partition coefficient (Wildman–Crippen LogP) is 4.05. The van der Waals surface area contributed by atoms with Gasteiger partial charge in [-0.3, -0.25) is 4.79 Å². The molecule has 0 saturated heterocycles. The van der Waals surface area contributed by atoms with Crippen LogP contribution in [-0.2, 0) is 0 Å². The van der Waals surface area contributed by atoms with Gasteiger partial charge in [0.15, 0.2) is 5.78 Å². The smallest absolute Gasteiger partial charge is 0.196 e. The zero-order chi connectivity index (χ0) is 13.3. The second kappa shape index (κ2) is 5.08. The molecule has 0 aliphatic heterocycles. The van der Waals surface area contributed by atoms with Crippen molar-refractivity contribution in [1.82, 2.24) is 0 Å². The van der Waals surface area contributed by atoms with Crippen LogP contribution in [0.4, 0.5) is 10.1 Å². The maximum absolute atomic E-state index is 13.6. The molecule has 2 aromatic rings. The second-order valence-corrected chi connectivity index (χ2v) is 4.98. The number of carbonyl (C=O) groups is 1. The van der Waals surface area contributed by atoms with Crippen molar-refractivity contribution in [2.24, 2.45) is 0 Å². The Balaban J connectivity index is 2.44. The van der Waals surface area contributed by atoms with Gasteiger partial charge in [0.2, 0.25) is 0 Å². The molecule has 0 aromatic heterocycles. The van der Waals surface area contributed by atoms with Gasteiger partial charge in [-0.2, -0.15) is 0 Å². The summed E-state index contributed by atoms with van der Waals surface area (Å²) in [6.45, 7) is 0. The number of carbonyl (C=O) groups excluding carboxylic acids is 1. The van der Waals surface area contributed by atoms with Gasteiger partial charge in [0, 0.05) is 20.7 Å². The van der Waals surface area contributed by atoms with Gasteiger partial charge in [0.1, 0.15) is 5.82 Å². The fourth-order valence-corrected chi connectivity index (χ4v) is 2.04. The van der Waals surface area contributed by atoms with Crippen molar-refractivity contribution >= 4 is 39.0 Å². The number of hydrogen-bond acceptors (Lipinski definition) is 2. The molecule has 0 saturated carbocycles. The molecule has 5 heteroatoms. The van der Waals surface area contributed by atoms with E-state index in [9.17, 15) is 9.18 Å². The number of anilines is 1. The Kier molecular flexibility index (Phi) is 3.68. The van der Waals surface area contributed by atoms with Crippen LogP contribution < -0.4 is 5.73 Å². The lowest BCUT2D eigenvalue weighted by atomic mass is 10.0. The highest BCUT2D eigenvalue weighted by Gasteiger charge is 2.15. The minimum absolute atomic E-state index is 0.0175. The molecular formula is C13H8BrClFNO. The first-order chi connectivity index (χ1) is 8.49. The molecule has 0 unspecified atom stereocenters. The summed E-state index contributed by atoms with van der Waals surface area (Å²) in [5.41, 5.74) is 6.49. The number of nitrogen functional groups attached to an aromatic ring is 1. The Morgan fingerprint density at radius 1 is 1.22 bits per heavy atom. The number of hydrogen-bond donors (Lipinski definition) is 1. The van der Waals surface area contributed by atoms with Gasteiger partial charge in [-0.1, -0.05) is 11.6 Å². The monoisotopic (exact) mass is 327 g/mol. The van der Waals surface area contributed by atoms with Crippen molar-refractivity contribution in [3.05, 3.63) is 62.8 Å². The van der Waals surface area contributed by atoms with Crippen LogP contribution in [0.2, 0.25) is 5.02 Å². The molecule has 0 bridgehead atoms. The molecule has 2 nitrogen and oxygen atoms in total. The van der Waals surface area contributed by atoms with Crippen molar-refractivity contribution in [2.75, 3.05) is 5.73 Å². The van der Waals surface area contributed by atoms with E-state index in [0.717, 1.165) is 6.07 Å². The van der Waals surface area contributed by atoms with Crippen LogP contribution in [-0.4, -0.2) is 5.78 Å². The highest BCUT2D eigenvalue weighted by molar-refractivity contribution is 9.10. The molecule has 2 rings (SSSR count). The quantitative estimate of drug-likeness (QED) is 0.667. The number of rotatable bonds is 2. The maximum atomic E-state index is 13.6. The van der Waals surface area contributed by atoms with Crippen LogP contribution >= 0.6 is 27.5 Å². The van der Waals surface area contributed by atoms with Crippen LogP contribution in [0.25, 0.3) is 0 Å². The van der Waals surface area contributed by atoms with Gasteiger partial charge in [-0.05, 0) is 52.3 Å². The summed E-state index contributed by atoms with van der Waals surface area (Å²) >= 11 is 8.86. The average Bonchev–Trinajstić information content (AvgIpc) is 2.32. The average molecular weight is 329 g/mol. The molecule has 2 N–H and O–H groups in total. The van der Waals surface area contributed by atoms with Gasteiger partial charge in [-0.25, -0.2) is 4.39 Å². The second-order valence-electron chi connectivity index (χ2n) is 3.69. The zero-order valence-corrected chi connectivity index (χ0v) is 11.4. The van der Waals surface area contributed by atoms with Gasteiger partial charge < -0.3 is 5.73 Å². The van der Waals surface area contributed by atoms with Crippen molar-refractivity contribution in [3.8, 4) is 0 Å². The number of ketones is 1. The number of nitrogens with two attached hydrogens (primary N) is 1. The third-order valence-corrected chi connectivity index (χ3v) is 3.36. The first-order valence-electron chi connectivity index (χ1n) is 5.04. The van der Waals surface area contributed by atoms with Crippen LogP contribution in [0.15, 0.2) is 40.9 Å². The van der Waals surface area contributed by atoms with Crippen molar-refractivity contribution in [2.45, 2.75) is 0 Å². The Bertz CT molecular complexity index is 630. The van der Waals surface area contributed by atoms with E-state index >= 15 is 0 Å². The van der Waals surface area contributed by atoms with E-state index in [1.54, 1.807) is 18.2 Å². The maximum Gasteiger partial charge on any atom is 0.196 e. The van der Waals surface area contributed by atoms with Crippen molar-refractivity contribution < 1.29 is 9.18 Å². The summed E-state index contributed by atoms with van der Waals surface area (Å²) in [6, 6.07) is 8.66. The third kappa shape index (κ3) is 2.54. The van der Waals surface area contributed by atoms with Crippen molar-refractivity contribution in [3.63, 3.8) is 0 Å². The Morgan fingerprint density at radius 3 is 2.56 bits per heavy atom. The van der Waals surface area contributed by atoms with Crippen molar-refractivity contribution in [1.29, 1.82) is 0 Å². The van der Waals surface area contributed by atoms with E-state index in [-0.39, 0.29) is 10.6 Å². The normalized spacial score (nSPS) is 10.4. The molecule has 18 heavy (non-hydrogen) atoms. The fraction of sp³-hybridized carbons (Fsp3) is 0. The largest absolute Gasteiger partial charge is 0.398 e. The molecule has 0 atom stereocenters. The standard InChI is InChI=1S/C13H8BrClFNO/c14-10-5-7(1-4-12(10)17)13(18)9-3-2-8(15)6-11(9)16/h1-6H,17H2. The molecule has 0 spiro atoms. The van der Waals surface area contributed by atoms with Crippen LogP contribution in [0, 0.1) is 5.82 Å². The first-order valence-corrected chi connectivity index (χ1v) is 6.21. The zero-order valence-electron chi connectivity index (χ0n) is 9.08. The lowest BCUT2D eigenvalue weighted by Crippen LogP contribution is -2.04. The molecule has 0 aliphatic rings. The fourth-order valence-electron chi connectivity index (χ4n) is 1.50. The highest BCUT2D eigenvalue weighted by Crippen LogP contribution is 2.23. The van der Waals surface area contributed by atoms with Gasteiger partial charge in [0.05, 0.1) is 5.56 Å². The van der Waals surface area contributed by atoms with Crippen LogP contribution in [0.5, 0.6) is 0 Å². The molecule has 0 radical (unpaired) electrons. The third-order valence-electron chi connectivity index (χ3n) is 2.44. The SMILES string of the molecule is Nc1ccc(C(=O)c2ccc(Cl)cc2F)cc1Br. The van der Waals surface area contributed by atoms with E-state index < -0.39 is 11.6 Å². The lowest BCUT2D eigenvalue weighted by Gasteiger charge is -2.05. The van der Waals surface area contributed by atoms with E-state index in [1.165, 1.54) is 12.1 Å². The summed E-state index contributed by atoms with van der Waals surface area (Å²) in [6.07, 6.45) is 0. The first kappa shape index (κ1) is 13.1. The Morgan fingerprint density at radius 2 is 1.94 bits per heavy atom. The number of halogens is 3. The van der Waals surface area contributed by atoms with Crippen LogP contribution in [0.1, 0.15) is 15.9 Å². The highest BCUT2D eigenvalue weighted by atomic mass is 79.9. The summed E-state index contributed by atoms with van der Waals surface area (Å²) in [5.74, 6) is -1.05. The van der Waals surface area contributed by atoms with Gasteiger partial charge in [0.25, 0.3) is 0 Å². The van der Waals surface area contributed by atoms with E-state index in [0.29, 0.717) is 15.7 Å². The Hall–Kier alpha value is -1.39. The summed E-state index contributed by atoms with van der Waals surface area (Å²) in [4.78, 5) is 12.1. The summed E-state index contributed by atoms with van der Waals surface area (Å²) < 4.78 is 14.2. The molecule has 0 aliphatic carbocycles. The summed E-state index contributed by atoms with van der Waals surface area (Å²) in [7, 11) is 0. The van der Waals surface area contributed by atoms with Crippen LogP contribution in [0.3, 0.4) is 0 Å². The lowest BCUT2D eigenvalue weighted by molar-refractivity contribution is 0.103. The van der Waals surface area contributed by atoms with E-state index in [4.69, 9.17) is 17.3 Å². The minimum atomic E-state index is -0.638. The minimum Gasteiger partial charge on any atom is -0.398 e. The molecule has 0 fully saturated rings. The van der Waals surface area contributed by atoms with E-state index in [1.807, 2.05) is 0 Å². The molecule has 2 aromatic carbocycles. The van der Waals surface area contributed by atoms with E-state index in [2.05, 4.69) is 15.9 Å². The molecule has 0 heterocycles. The molecule has 0 amide bonds.